The van der Waals surface area contributed by atoms with Crippen LogP contribution in [0.25, 0.3) is 0 Å². The molecule has 1 aliphatic rings. The number of phenolic OH excluding ortho intramolecular Hbond substituents is 1. The standard InChI is InChI=1S/C24H22FN5O4/c25-16-2-1-3-19(31)21(16)22(33)14-6-4-13(5-7-14)20(32)10-15-11-27-12-18(15)29-23(34)17-8-9-28-24(26)30-17/h1-9,15,18,27,31H,10-12H2,(H,29,34)(H2,26,28,30)/t15-,18-/m1/s1. The van der Waals surface area contributed by atoms with Crippen LogP contribution in [0.5, 0.6) is 5.75 Å². The zero-order valence-electron chi connectivity index (χ0n) is 18.0. The lowest BCUT2D eigenvalue weighted by molar-refractivity contribution is 0.0899. The van der Waals surface area contributed by atoms with Gasteiger partial charge in [-0.15, -0.1) is 0 Å². The predicted molar refractivity (Wildman–Crippen MR) is 121 cm³/mol. The SMILES string of the molecule is Nc1nccc(C(=O)N[C@@H]2CNC[C@H]2CC(=O)c2ccc(C(=O)c3c(O)cccc3F)cc2)n1. The van der Waals surface area contributed by atoms with Crippen LogP contribution in [0.1, 0.15) is 43.2 Å². The first-order valence-electron chi connectivity index (χ1n) is 10.6. The van der Waals surface area contributed by atoms with E-state index in [-0.39, 0.29) is 41.4 Å². The van der Waals surface area contributed by atoms with E-state index in [1.807, 2.05) is 0 Å². The third kappa shape index (κ3) is 4.91. The van der Waals surface area contributed by atoms with E-state index in [0.29, 0.717) is 18.7 Å². The van der Waals surface area contributed by atoms with E-state index < -0.39 is 28.8 Å². The molecule has 10 heteroatoms. The van der Waals surface area contributed by atoms with E-state index >= 15 is 0 Å². The van der Waals surface area contributed by atoms with Gasteiger partial charge in [0.1, 0.15) is 17.3 Å². The Labute approximate surface area is 194 Å². The van der Waals surface area contributed by atoms with Crippen LogP contribution in [0.4, 0.5) is 10.3 Å². The molecule has 4 rings (SSSR count). The summed E-state index contributed by atoms with van der Waals surface area (Å²) < 4.78 is 14.0. The maximum Gasteiger partial charge on any atom is 0.270 e. The topological polar surface area (TPSA) is 147 Å². The molecule has 0 saturated carbocycles. The summed E-state index contributed by atoms with van der Waals surface area (Å²) in [5.41, 5.74) is 5.79. The largest absolute Gasteiger partial charge is 0.507 e. The minimum Gasteiger partial charge on any atom is -0.507 e. The molecular formula is C24H22FN5O4. The number of nitrogens with zero attached hydrogens (tertiary/aromatic N) is 2. The van der Waals surface area contributed by atoms with Gasteiger partial charge in [0.15, 0.2) is 11.6 Å². The molecule has 1 aromatic heterocycles. The average Bonchev–Trinajstić information content (AvgIpc) is 3.25. The summed E-state index contributed by atoms with van der Waals surface area (Å²) in [6, 6.07) is 10.6. The zero-order valence-corrected chi connectivity index (χ0v) is 18.0. The van der Waals surface area contributed by atoms with Crippen LogP contribution in [0.2, 0.25) is 0 Å². The van der Waals surface area contributed by atoms with Crippen molar-refractivity contribution < 1.29 is 23.9 Å². The van der Waals surface area contributed by atoms with Crippen LogP contribution in [0.3, 0.4) is 0 Å². The molecule has 5 N–H and O–H groups in total. The van der Waals surface area contributed by atoms with Crippen LogP contribution in [-0.4, -0.2) is 51.7 Å². The number of aromatic hydroxyl groups is 1. The number of nitrogen functional groups attached to an aromatic ring is 1. The lowest BCUT2D eigenvalue weighted by atomic mass is 9.93. The molecule has 0 spiro atoms. The first kappa shape index (κ1) is 23.0. The fourth-order valence-corrected chi connectivity index (χ4v) is 3.90. The van der Waals surface area contributed by atoms with E-state index in [2.05, 4.69) is 20.6 Å². The number of anilines is 1. The van der Waals surface area contributed by atoms with Gasteiger partial charge in [-0.2, -0.15) is 0 Å². The smallest absolute Gasteiger partial charge is 0.270 e. The number of halogens is 1. The van der Waals surface area contributed by atoms with Crippen molar-refractivity contribution >= 4 is 23.4 Å². The first-order chi connectivity index (χ1) is 16.3. The number of rotatable bonds is 7. The normalized spacial score (nSPS) is 17.3. The quantitative estimate of drug-likeness (QED) is 0.387. The Hall–Kier alpha value is -4.18. The van der Waals surface area contributed by atoms with Gasteiger partial charge in [-0.1, -0.05) is 30.3 Å². The van der Waals surface area contributed by atoms with E-state index in [1.165, 1.54) is 48.7 Å². The maximum atomic E-state index is 14.0. The molecule has 2 aromatic carbocycles. The van der Waals surface area contributed by atoms with E-state index in [0.717, 1.165) is 6.07 Å². The highest BCUT2D eigenvalue weighted by Crippen LogP contribution is 2.24. The van der Waals surface area contributed by atoms with Crippen molar-refractivity contribution in [2.24, 2.45) is 5.92 Å². The molecule has 3 aromatic rings. The molecule has 9 nitrogen and oxygen atoms in total. The number of ketones is 2. The number of carbonyl (C=O) groups is 3. The molecule has 0 aliphatic carbocycles. The fourth-order valence-electron chi connectivity index (χ4n) is 3.90. The van der Waals surface area contributed by atoms with Gasteiger partial charge < -0.3 is 21.5 Å². The van der Waals surface area contributed by atoms with Gasteiger partial charge in [0, 0.05) is 48.8 Å². The van der Waals surface area contributed by atoms with Crippen molar-refractivity contribution in [1.82, 2.24) is 20.6 Å². The van der Waals surface area contributed by atoms with Crippen LogP contribution >= 0.6 is 0 Å². The number of hydrogen-bond donors (Lipinski definition) is 4. The van der Waals surface area contributed by atoms with Crippen LogP contribution in [0, 0.1) is 11.7 Å². The Bertz CT molecular complexity index is 1230. The van der Waals surface area contributed by atoms with Gasteiger partial charge in [0.2, 0.25) is 5.95 Å². The van der Waals surface area contributed by atoms with Gasteiger partial charge in [0.05, 0.1) is 5.56 Å². The van der Waals surface area contributed by atoms with Gasteiger partial charge >= 0.3 is 0 Å². The number of phenols is 1. The molecule has 0 bridgehead atoms. The minimum atomic E-state index is -0.823. The number of benzene rings is 2. The Kier molecular flexibility index (Phi) is 6.60. The number of amides is 1. The molecule has 34 heavy (non-hydrogen) atoms. The highest BCUT2D eigenvalue weighted by Gasteiger charge is 2.31. The number of nitrogens with one attached hydrogen (secondary N) is 2. The van der Waals surface area contributed by atoms with Gasteiger partial charge in [-0.25, -0.2) is 14.4 Å². The summed E-state index contributed by atoms with van der Waals surface area (Å²) in [7, 11) is 0. The molecule has 2 atom stereocenters. The van der Waals surface area contributed by atoms with Gasteiger partial charge in [-0.05, 0) is 18.2 Å². The molecule has 174 valence electrons. The Morgan fingerprint density at radius 3 is 2.53 bits per heavy atom. The highest BCUT2D eigenvalue weighted by atomic mass is 19.1. The zero-order chi connectivity index (χ0) is 24.2. The lowest BCUT2D eigenvalue weighted by Crippen LogP contribution is -2.41. The lowest BCUT2D eigenvalue weighted by Gasteiger charge is -2.19. The van der Waals surface area contributed by atoms with E-state index in [9.17, 15) is 23.9 Å². The maximum absolute atomic E-state index is 14.0. The number of hydrogen-bond acceptors (Lipinski definition) is 8. The summed E-state index contributed by atoms with van der Waals surface area (Å²) in [6.45, 7) is 1.05. The first-order valence-corrected chi connectivity index (χ1v) is 10.6. The van der Waals surface area contributed by atoms with E-state index in [1.54, 1.807) is 0 Å². The van der Waals surface area contributed by atoms with Crippen molar-refractivity contribution in [3.05, 3.63) is 82.9 Å². The second kappa shape index (κ2) is 9.75. The van der Waals surface area contributed by atoms with E-state index in [4.69, 9.17) is 5.73 Å². The molecule has 1 saturated heterocycles. The van der Waals surface area contributed by atoms with Gasteiger partial charge in [0.25, 0.3) is 5.91 Å². The summed E-state index contributed by atoms with van der Waals surface area (Å²) in [5, 5.41) is 15.9. The Morgan fingerprint density at radius 1 is 1.09 bits per heavy atom. The van der Waals surface area contributed by atoms with Crippen molar-refractivity contribution in [2.75, 3.05) is 18.8 Å². The Balaban J connectivity index is 1.41. The van der Waals surface area contributed by atoms with Crippen molar-refractivity contribution in [2.45, 2.75) is 12.5 Å². The fraction of sp³-hybridized carbons (Fsp3) is 0.208. The molecule has 2 heterocycles. The monoisotopic (exact) mass is 463 g/mol. The molecular weight excluding hydrogens is 441 g/mol. The Morgan fingerprint density at radius 2 is 1.82 bits per heavy atom. The third-order valence-corrected chi connectivity index (χ3v) is 5.70. The average molecular weight is 463 g/mol. The number of nitrogens with two attached hydrogens (primary N) is 1. The van der Waals surface area contributed by atoms with Crippen molar-refractivity contribution in [3.8, 4) is 5.75 Å². The van der Waals surface area contributed by atoms with Crippen LogP contribution in [-0.2, 0) is 0 Å². The van der Waals surface area contributed by atoms with Crippen molar-refractivity contribution in [3.63, 3.8) is 0 Å². The molecule has 1 fully saturated rings. The number of carbonyl (C=O) groups excluding carboxylic acids is 3. The molecule has 0 unspecified atom stereocenters. The summed E-state index contributed by atoms with van der Waals surface area (Å²) in [4.78, 5) is 45.6. The molecule has 0 radical (unpaired) electrons. The number of Topliss-reactive ketones (excluding diaryl/α,β-unsaturated/α-hetero) is 1. The summed E-state index contributed by atoms with van der Waals surface area (Å²) in [6.07, 6.45) is 1.57. The summed E-state index contributed by atoms with van der Waals surface area (Å²) >= 11 is 0. The second-order valence-electron chi connectivity index (χ2n) is 7.97. The predicted octanol–water partition coefficient (Wildman–Crippen LogP) is 1.73. The molecule has 1 aliphatic heterocycles. The minimum absolute atomic E-state index is 0.00364. The van der Waals surface area contributed by atoms with Crippen LogP contribution < -0.4 is 16.4 Å². The second-order valence-corrected chi connectivity index (χ2v) is 7.97. The third-order valence-electron chi connectivity index (χ3n) is 5.70. The van der Waals surface area contributed by atoms with Crippen LogP contribution in [0.15, 0.2) is 54.7 Å². The van der Waals surface area contributed by atoms with Crippen molar-refractivity contribution in [1.29, 1.82) is 0 Å². The number of aromatic nitrogens is 2. The highest BCUT2D eigenvalue weighted by molar-refractivity contribution is 6.11. The molecule has 1 amide bonds. The van der Waals surface area contributed by atoms with Gasteiger partial charge in [-0.3, -0.25) is 14.4 Å². The summed E-state index contributed by atoms with van der Waals surface area (Å²) in [5.74, 6) is -2.66.